The Balaban J connectivity index is 1.61. The van der Waals surface area contributed by atoms with Crippen molar-refractivity contribution in [1.29, 1.82) is 0 Å². The SMILES string of the molecule is [Se]=P(NC1CCCCC1)(NC1CCCCC1)NC1CCCCC1. The maximum absolute atomic E-state index is 4.06. The van der Waals surface area contributed by atoms with E-state index < -0.39 is 5.96 Å². The zero-order valence-corrected chi connectivity index (χ0v) is 17.3. The molecule has 23 heavy (non-hydrogen) atoms. The first-order valence-corrected chi connectivity index (χ1v) is 14.2. The minimum absolute atomic E-state index is 0.713. The van der Waals surface area contributed by atoms with Crippen LogP contribution in [0, 0.1) is 0 Å². The number of hydrogen-bond acceptors (Lipinski definition) is 3. The van der Waals surface area contributed by atoms with Crippen molar-refractivity contribution in [2.75, 3.05) is 0 Å². The Morgan fingerprint density at radius 2 is 0.739 bits per heavy atom. The molecule has 3 rings (SSSR count). The van der Waals surface area contributed by atoms with Crippen molar-refractivity contribution in [3.8, 4) is 0 Å². The summed E-state index contributed by atoms with van der Waals surface area (Å²) in [5.41, 5.74) is 0. The van der Waals surface area contributed by atoms with Crippen LogP contribution in [0.15, 0.2) is 0 Å². The first-order chi connectivity index (χ1) is 11.2. The van der Waals surface area contributed by atoms with Crippen LogP contribution in [0.25, 0.3) is 0 Å². The summed E-state index contributed by atoms with van der Waals surface area (Å²) in [6.45, 7) is 0. The number of hydrogen-bond donors (Lipinski definition) is 3. The summed E-state index contributed by atoms with van der Waals surface area (Å²) in [6, 6.07) is 2.14. The molecule has 134 valence electrons. The molecule has 0 aromatic heterocycles. The summed E-state index contributed by atoms with van der Waals surface area (Å²) in [7, 11) is 0. The van der Waals surface area contributed by atoms with Gasteiger partial charge in [0.15, 0.2) is 0 Å². The van der Waals surface area contributed by atoms with Crippen LogP contribution in [0.3, 0.4) is 0 Å². The summed E-state index contributed by atoms with van der Waals surface area (Å²) in [5, 5.41) is 12.2. The monoisotopic (exact) mass is 405 g/mol. The maximum atomic E-state index is 4.06. The van der Waals surface area contributed by atoms with Gasteiger partial charge in [0.05, 0.1) is 0 Å². The van der Waals surface area contributed by atoms with E-state index in [9.17, 15) is 0 Å². The Hall–Kier alpha value is 0.829. The Kier molecular flexibility index (Phi) is 7.69. The zero-order chi connectivity index (χ0) is 16.0. The first kappa shape index (κ1) is 18.6. The normalized spacial score (nSPS) is 26.4. The third kappa shape index (κ3) is 6.24. The van der Waals surface area contributed by atoms with E-state index >= 15 is 0 Å². The van der Waals surface area contributed by atoms with E-state index in [0.29, 0.717) is 18.1 Å². The third-order valence-electron chi connectivity index (χ3n) is 5.91. The molecule has 0 radical (unpaired) electrons. The summed E-state index contributed by atoms with van der Waals surface area (Å²) in [6.07, 6.45) is 20.9. The van der Waals surface area contributed by atoms with Crippen LogP contribution in [-0.4, -0.2) is 33.2 Å². The Bertz CT molecular complexity index is 329. The fourth-order valence-corrected chi connectivity index (χ4v) is 9.93. The van der Waals surface area contributed by atoms with Crippen molar-refractivity contribution in [2.45, 2.75) is 114 Å². The molecule has 0 atom stereocenters. The van der Waals surface area contributed by atoms with Gasteiger partial charge in [-0.3, -0.25) is 0 Å². The molecular weight excluding hydrogens is 368 g/mol. The van der Waals surface area contributed by atoms with E-state index in [0.717, 1.165) is 0 Å². The average Bonchev–Trinajstić information content (AvgIpc) is 2.57. The molecule has 3 N–H and O–H groups in total. The number of nitrogens with one attached hydrogen (secondary N) is 3. The molecule has 0 aromatic rings. The van der Waals surface area contributed by atoms with Crippen LogP contribution >= 0.6 is 5.96 Å². The molecule has 3 aliphatic carbocycles. The van der Waals surface area contributed by atoms with Crippen molar-refractivity contribution in [3.63, 3.8) is 0 Å². The molecule has 0 aliphatic heterocycles. The van der Waals surface area contributed by atoms with Crippen LogP contribution in [-0.2, 0) is 0 Å². The van der Waals surface area contributed by atoms with Gasteiger partial charge in [-0.15, -0.1) is 0 Å². The number of rotatable bonds is 6. The molecule has 0 unspecified atom stereocenters. The van der Waals surface area contributed by atoms with Gasteiger partial charge in [-0.25, -0.2) is 0 Å². The van der Waals surface area contributed by atoms with Crippen LogP contribution in [0.4, 0.5) is 0 Å². The van der Waals surface area contributed by atoms with E-state index in [1.165, 1.54) is 96.3 Å². The Morgan fingerprint density at radius 1 is 0.478 bits per heavy atom. The fourth-order valence-electron chi connectivity index (χ4n) is 4.58. The predicted molar refractivity (Wildman–Crippen MR) is 103 cm³/mol. The summed E-state index contributed by atoms with van der Waals surface area (Å²) >= 11 is 3.61. The molecule has 0 spiro atoms. The standard InChI is InChI=1S/C18H36N3PSe/c23-22(19-16-10-4-1-5-11-16,20-17-12-6-2-7-13-17)21-18-14-8-3-9-15-18/h16-18H,1-15H2,(H3,19,20,21,23). The van der Waals surface area contributed by atoms with E-state index in [1.807, 2.05) is 0 Å². The predicted octanol–water partition coefficient (Wildman–Crippen LogP) is 4.60. The van der Waals surface area contributed by atoms with Gasteiger partial charge in [0.25, 0.3) is 0 Å². The molecule has 0 saturated heterocycles. The molecule has 5 heteroatoms. The van der Waals surface area contributed by atoms with Gasteiger partial charge in [-0.05, 0) is 0 Å². The van der Waals surface area contributed by atoms with Crippen molar-refractivity contribution in [3.05, 3.63) is 0 Å². The van der Waals surface area contributed by atoms with Crippen LogP contribution < -0.4 is 15.3 Å². The Morgan fingerprint density at radius 3 is 1.00 bits per heavy atom. The van der Waals surface area contributed by atoms with Crippen LogP contribution in [0.2, 0.25) is 0 Å². The molecule has 3 aliphatic rings. The second kappa shape index (κ2) is 9.51. The molecular formula is C18H36N3PSe. The van der Waals surface area contributed by atoms with Gasteiger partial charge in [-0.1, -0.05) is 0 Å². The van der Waals surface area contributed by atoms with E-state index in [2.05, 4.69) is 30.4 Å². The molecule has 3 nitrogen and oxygen atoms in total. The van der Waals surface area contributed by atoms with Crippen molar-refractivity contribution < 1.29 is 0 Å². The van der Waals surface area contributed by atoms with Gasteiger partial charge in [0.1, 0.15) is 0 Å². The quantitative estimate of drug-likeness (QED) is 0.447. The zero-order valence-electron chi connectivity index (χ0n) is 14.7. The van der Waals surface area contributed by atoms with E-state index in [4.69, 9.17) is 0 Å². The molecule has 0 heterocycles. The van der Waals surface area contributed by atoms with Gasteiger partial charge in [-0.2, -0.15) is 0 Å². The summed E-state index contributed by atoms with van der Waals surface area (Å²) in [4.78, 5) is 0. The van der Waals surface area contributed by atoms with Crippen LogP contribution in [0.1, 0.15) is 96.3 Å². The average molecular weight is 404 g/mol. The molecule has 0 bridgehead atoms. The van der Waals surface area contributed by atoms with Gasteiger partial charge in [0, 0.05) is 0 Å². The summed E-state index contributed by atoms with van der Waals surface area (Å²) < 4.78 is 0. The fraction of sp³-hybridized carbons (Fsp3) is 1.00. The molecule has 3 saturated carbocycles. The van der Waals surface area contributed by atoms with Crippen molar-refractivity contribution >= 4 is 21.1 Å². The van der Waals surface area contributed by atoms with Gasteiger partial charge < -0.3 is 0 Å². The van der Waals surface area contributed by atoms with E-state index in [-0.39, 0.29) is 0 Å². The van der Waals surface area contributed by atoms with Crippen molar-refractivity contribution in [2.24, 2.45) is 0 Å². The van der Waals surface area contributed by atoms with Gasteiger partial charge >= 0.3 is 151 Å². The topological polar surface area (TPSA) is 36.1 Å². The summed E-state index contributed by atoms with van der Waals surface area (Å²) in [5.74, 6) is -1.55. The Labute approximate surface area is 150 Å². The third-order valence-corrected chi connectivity index (χ3v) is 10.1. The van der Waals surface area contributed by atoms with Crippen molar-refractivity contribution in [1.82, 2.24) is 15.3 Å². The van der Waals surface area contributed by atoms with Crippen LogP contribution in [0.5, 0.6) is 0 Å². The van der Waals surface area contributed by atoms with E-state index in [1.54, 1.807) is 0 Å². The minimum atomic E-state index is -1.55. The molecule has 3 fully saturated rings. The molecule has 0 aromatic carbocycles. The second-order valence-electron chi connectivity index (χ2n) is 8.00. The van der Waals surface area contributed by atoms with Gasteiger partial charge in [0.2, 0.25) is 0 Å². The molecule has 0 amide bonds. The second-order valence-corrected chi connectivity index (χ2v) is 13.4. The first-order valence-electron chi connectivity index (χ1n) is 10.2.